The Morgan fingerprint density at radius 1 is 1.36 bits per heavy atom. The molecule has 0 aliphatic carbocycles. The van der Waals surface area contributed by atoms with Gasteiger partial charge in [0.05, 0.1) is 6.04 Å². The summed E-state index contributed by atoms with van der Waals surface area (Å²) in [7, 11) is 0. The second-order valence-corrected chi connectivity index (χ2v) is 3.40. The van der Waals surface area contributed by atoms with Crippen molar-refractivity contribution in [1.82, 2.24) is 5.32 Å². The largest absolute Gasteiger partial charge is 0.303 e. The number of hydrogen-bond acceptors (Lipinski definition) is 1. The summed E-state index contributed by atoms with van der Waals surface area (Å²) in [5, 5.41) is 3.29. The number of likely N-dealkylation sites (N-methyl/N-ethyl adjacent to an activating group) is 1. The van der Waals surface area contributed by atoms with Crippen molar-refractivity contribution in [2.45, 2.75) is 25.8 Å². The highest BCUT2D eigenvalue weighted by atomic mass is 14.9. The third kappa shape index (κ3) is 2.61. The zero-order chi connectivity index (χ0) is 10.4. The van der Waals surface area contributed by atoms with Crippen molar-refractivity contribution in [2.24, 2.45) is 0 Å². The van der Waals surface area contributed by atoms with Gasteiger partial charge in [0, 0.05) is 5.92 Å². The van der Waals surface area contributed by atoms with E-state index in [1.54, 1.807) is 0 Å². The molecule has 0 aliphatic heterocycles. The lowest BCUT2D eigenvalue weighted by Gasteiger charge is -2.19. The van der Waals surface area contributed by atoms with Gasteiger partial charge in [-0.1, -0.05) is 50.1 Å². The molecule has 0 fully saturated rings. The normalized spacial score (nSPS) is 14.4. The summed E-state index contributed by atoms with van der Waals surface area (Å²) >= 11 is 0. The number of rotatable bonds is 4. The molecule has 2 unspecified atom stereocenters. The summed E-state index contributed by atoms with van der Waals surface area (Å²) in [6.07, 6.45) is 5.48. The second-order valence-electron chi connectivity index (χ2n) is 3.40. The van der Waals surface area contributed by atoms with Crippen molar-refractivity contribution in [2.75, 3.05) is 6.54 Å². The predicted molar refractivity (Wildman–Crippen MR) is 61.2 cm³/mol. The zero-order valence-electron chi connectivity index (χ0n) is 8.83. The van der Waals surface area contributed by atoms with Gasteiger partial charge in [-0.2, -0.15) is 0 Å². The van der Waals surface area contributed by atoms with Gasteiger partial charge in [-0.15, -0.1) is 6.42 Å². The van der Waals surface area contributed by atoms with Gasteiger partial charge in [0.2, 0.25) is 0 Å². The summed E-state index contributed by atoms with van der Waals surface area (Å²) in [4.78, 5) is 0. The van der Waals surface area contributed by atoms with E-state index in [0.717, 1.165) is 6.54 Å². The molecule has 0 radical (unpaired) electrons. The molecule has 0 aromatic heterocycles. The maximum absolute atomic E-state index is 5.48. The minimum absolute atomic E-state index is 0.127. The molecule has 2 atom stereocenters. The van der Waals surface area contributed by atoms with E-state index in [0.29, 0.717) is 5.92 Å². The lowest BCUT2D eigenvalue weighted by atomic mass is 9.94. The molecule has 14 heavy (non-hydrogen) atoms. The van der Waals surface area contributed by atoms with Crippen molar-refractivity contribution in [3.05, 3.63) is 35.9 Å². The van der Waals surface area contributed by atoms with Crippen LogP contribution >= 0.6 is 0 Å². The summed E-state index contributed by atoms with van der Waals surface area (Å²) in [6.45, 7) is 5.14. The van der Waals surface area contributed by atoms with Crippen molar-refractivity contribution in [3.8, 4) is 12.3 Å². The molecule has 1 N–H and O–H groups in total. The number of hydrogen-bond donors (Lipinski definition) is 1. The Labute approximate surface area is 86.5 Å². The maximum atomic E-state index is 5.48. The molecule has 1 heteroatoms. The molecule has 0 bridgehead atoms. The fourth-order valence-corrected chi connectivity index (χ4v) is 1.55. The van der Waals surface area contributed by atoms with Crippen LogP contribution in [0.2, 0.25) is 0 Å². The van der Waals surface area contributed by atoms with Crippen LogP contribution in [0.3, 0.4) is 0 Å². The van der Waals surface area contributed by atoms with E-state index in [9.17, 15) is 0 Å². The van der Waals surface area contributed by atoms with Crippen LogP contribution in [-0.2, 0) is 0 Å². The van der Waals surface area contributed by atoms with Gasteiger partial charge >= 0.3 is 0 Å². The standard InChI is InChI=1S/C13H17N/c1-4-13(14-5-2)11(3)12-9-7-6-8-10-12/h1,6-11,13-14H,5H2,2-3H3. The van der Waals surface area contributed by atoms with E-state index >= 15 is 0 Å². The van der Waals surface area contributed by atoms with Gasteiger partial charge in [0.15, 0.2) is 0 Å². The van der Waals surface area contributed by atoms with Gasteiger partial charge in [-0.25, -0.2) is 0 Å². The van der Waals surface area contributed by atoms with Gasteiger partial charge < -0.3 is 5.32 Å². The Morgan fingerprint density at radius 3 is 2.50 bits per heavy atom. The molecule has 1 aromatic rings. The maximum Gasteiger partial charge on any atom is 0.0753 e. The summed E-state index contributed by atoms with van der Waals surface area (Å²) in [5.74, 6) is 3.15. The van der Waals surface area contributed by atoms with E-state index in [1.807, 2.05) is 18.2 Å². The first kappa shape index (κ1) is 10.8. The van der Waals surface area contributed by atoms with Gasteiger partial charge in [0.25, 0.3) is 0 Å². The van der Waals surface area contributed by atoms with Crippen LogP contribution < -0.4 is 5.32 Å². The molecule has 0 amide bonds. The Bertz CT molecular complexity index is 297. The van der Waals surface area contributed by atoms with Crippen LogP contribution in [0.1, 0.15) is 25.3 Å². The predicted octanol–water partition coefficient (Wildman–Crippen LogP) is 2.40. The molecule has 1 rings (SSSR count). The average Bonchev–Trinajstić information content (AvgIpc) is 2.26. The van der Waals surface area contributed by atoms with Crippen LogP contribution in [0.25, 0.3) is 0 Å². The number of terminal acetylenes is 1. The van der Waals surface area contributed by atoms with E-state index in [-0.39, 0.29) is 6.04 Å². The van der Waals surface area contributed by atoms with Crippen molar-refractivity contribution >= 4 is 0 Å². The van der Waals surface area contributed by atoms with Crippen LogP contribution in [0.5, 0.6) is 0 Å². The number of nitrogens with one attached hydrogen (secondary N) is 1. The van der Waals surface area contributed by atoms with E-state index in [1.165, 1.54) is 5.56 Å². The molecule has 0 spiro atoms. The first-order valence-electron chi connectivity index (χ1n) is 5.04. The average molecular weight is 187 g/mol. The fraction of sp³-hybridized carbons (Fsp3) is 0.385. The highest BCUT2D eigenvalue weighted by molar-refractivity contribution is 5.23. The van der Waals surface area contributed by atoms with Crippen molar-refractivity contribution in [1.29, 1.82) is 0 Å². The summed E-state index contributed by atoms with van der Waals surface area (Å²) in [5.41, 5.74) is 1.29. The third-order valence-electron chi connectivity index (χ3n) is 2.43. The minimum Gasteiger partial charge on any atom is -0.303 e. The van der Waals surface area contributed by atoms with E-state index in [4.69, 9.17) is 6.42 Å². The topological polar surface area (TPSA) is 12.0 Å². The first-order valence-corrected chi connectivity index (χ1v) is 5.04. The zero-order valence-corrected chi connectivity index (χ0v) is 8.83. The smallest absolute Gasteiger partial charge is 0.0753 e. The Morgan fingerprint density at radius 2 is 2.00 bits per heavy atom. The third-order valence-corrected chi connectivity index (χ3v) is 2.43. The molecule has 0 aliphatic rings. The first-order chi connectivity index (χ1) is 6.79. The Kier molecular flexibility index (Phi) is 4.22. The lowest BCUT2D eigenvalue weighted by Crippen LogP contribution is -2.32. The number of benzene rings is 1. The summed E-state index contributed by atoms with van der Waals surface area (Å²) in [6, 6.07) is 10.5. The summed E-state index contributed by atoms with van der Waals surface area (Å²) < 4.78 is 0. The van der Waals surface area contributed by atoms with E-state index in [2.05, 4.69) is 37.2 Å². The fourth-order valence-electron chi connectivity index (χ4n) is 1.55. The van der Waals surface area contributed by atoms with Gasteiger partial charge in [-0.05, 0) is 12.1 Å². The Hall–Kier alpha value is -1.26. The van der Waals surface area contributed by atoms with Crippen LogP contribution in [0.15, 0.2) is 30.3 Å². The lowest BCUT2D eigenvalue weighted by molar-refractivity contribution is 0.551. The monoisotopic (exact) mass is 187 g/mol. The Balaban J connectivity index is 2.74. The molecular weight excluding hydrogens is 170 g/mol. The highest BCUT2D eigenvalue weighted by Gasteiger charge is 2.14. The van der Waals surface area contributed by atoms with E-state index < -0.39 is 0 Å². The SMILES string of the molecule is C#CC(NCC)C(C)c1ccccc1. The second kappa shape index (κ2) is 5.47. The highest BCUT2D eigenvalue weighted by Crippen LogP contribution is 2.18. The molecule has 1 nitrogen and oxygen atoms in total. The van der Waals surface area contributed by atoms with Crippen LogP contribution in [0, 0.1) is 12.3 Å². The molecule has 0 saturated carbocycles. The molecule has 1 aromatic carbocycles. The quantitative estimate of drug-likeness (QED) is 0.714. The van der Waals surface area contributed by atoms with Crippen molar-refractivity contribution in [3.63, 3.8) is 0 Å². The van der Waals surface area contributed by atoms with Gasteiger partial charge in [0.1, 0.15) is 0 Å². The van der Waals surface area contributed by atoms with Crippen LogP contribution in [-0.4, -0.2) is 12.6 Å². The molecule has 74 valence electrons. The van der Waals surface area contributed by atoms with Crippen molar-refractivity contribution < 1.29 is 0 Å². The molecule has 0 heterocycles. The van der Waals surface area contributed by atoms with Gasteiger partial charge in [-0.3, -0.25) is 0 Å². The molecular formula is C13H17N. The molecule has 0 saturated heterocycles. The minimum atomic E-state index is 0.127. The van der Waals surface area contributed by atoms with Crippen LogP contribution in [0.4, 0.5) is 0 Å².